The Morgan fingerprint density at radius 3 is 2.79 bits per heavy atom. The van der Waals surface area contributed by atoms with Crippen LogP contribution in [0.1, 0.15) is 16.1 Å². The minimum absolute atomic E-state index is 0.245. The Morgan fingerprint density at radius 1 is 1.14 bits per heavy atom. The molecular weight excluding hydrogens is 395 g/mol. The third-order valence-electron chi connectivity index (χ3n) is 4.35. The molecule has 0 radical (unpaired) electrons. The second-order valence-electron chi connectivity index (χ2n) is 6.35. The first-order valence-electron chi connectivity index (χ1n) is 8.48. The summed E-state index contributed by atoms with van der Waals surface area (Å²) in [5.74, 6) is -0.541. The first-order valence-corrected chi connectivity index (χ1v) is 10.2. The Bertz CT molecular complexity index is 1330. The number of anilines is 1. The number of aryl methyl sites for hydroxylation is 1. The Kier molecular flexibility index (Phi) is 3.96. The zero-order valence-electron chi connectivity index (χ0n) is 14.6. The smallest absolute Gasteiger partial charge is 0.275 e. The number of carbonyl (C=O) groups excluding carboxylic acids is 1. The number of fused-ring (bicyclic) bond motifs is 2. The minimum Gasteiger partial charge on any atom is -0.296 e. The van der Waals surface area contributed by atoms with Crippen LogP contribution in [0.25, 0.3) is 26.4 Å². The van der Waals surface area contributed by atoms with Crippen molar-refractivity contribution in [2.24, 2.45) is 0 Å². The van der Waals surface area contributed by atoms with Gasteiger partial charge in [0.1, 0.15) is 11.5 Å². The maximum atomic E-state index is 13.1. The van der Waals surface area contributed by atoms with Gasteiger partial charge in [-0.2, -0.15) is 0 Å². The second-order valence-corrected chi connectivity index (χ2v) is 8.22. The number of nitrogens with zero attached hydrogens (tertiary/aromatic N) is 3. The third-order valence-corrected chi connectivity index (χ3v) is 6.12. The largest absolute Gasteiger partial charge is 0.296 e. The lowest BCUT2D eigenvalue weighted by atomic mass is 10.2. The number of hydrogen-bond acceptors (Lipinski definition) is 5. The van der Waals surface area contributed by atoms with Gasteiger partial charge in [-0.1, -0.05) is 17.4 Å². The Labute approximate surface area is 167 Å². The lowest BCUT2D eigenvalue weighted by molar-refractivity contribution is 0.102. The summed E-state index contributed by atoms with van der Waals surface area (Å²) in [7, 11) is 0. The van der Waals surface area contributed by atoms with Gasteiger partial charge in [0.05, 0.1) is 15.9 Å². The van der Waals surface area contributed by atoms with Gasteiger partial charge in [-0.25, -0.2) is 14.4 Å². The molecule has 0 saturated heterocycles. The number of imidazole rings is 1. The van der Waals surface area contributed by atoms with E-state index < -0.39 is 0 Å². The number of thiazole rings is 2. The molecule has 0 fully saturated rings. The molecule has 0 spiro atoms. The molecule has 0 aliphatic carbocycles. The Hall–Kier alpha value is -3.10. The number of aromatic nitrogens is 3. The molecule has 0 aliphatic heterocycles. The van der Waals surface area contributed by atoms with E-state index in [0.29, 0.717) is 21.5 Å². The molecule has 5 aromatic rings. The van der Waals surface area contributed by atoms with Crippen LogP contribution in [0.2, 0.25) is 0 Å². The highest BCUT2D eigenvalue weighted by Gasteiger charge is 2.17. The normalized spacial score (nSPS) is 11.4. The van der Waals surface area contributed by atoms with E-state index in [0.717, 1.165) is 21.3 Å². The quantitative estimate of drug-likeness (QED) is 0.436. The average Bonchev–Trinajstić information content (AvgIpc) is 3.35. The Balaban J connectivity index is 1.46. The predicted molar refractivity (Wildman–Crippen MR) is 111 cm³/mol. The van der Waals surface area contributed by atoms with Crippen LogP contribution in [0.5, 0.6) is 0 Å². The van der Waals surface area contributed by atoms with Crippen LogP contribution < -0.4 is 5.32 Å². The lowest BCUT2D eigenvalue weighted by Crippen LogP contribution is -2.13. The molecule has 3 heterocycles. The van der Waals surface area contributed by atoms with E-state index in [2.05, 4.69) is 21.4 Å². The summed E-state index contributed by atoms with van der Waals surface area (Å²) in [5.41, 5.74) is 3.99. The van der Waals surface area contributed by atoms with Gasteiger partial charge >= 0.3 is 0 Å². The summed E-state index contributed by atoms with van der Waals surface area (Å²) in [6, 6.07) is 12.1. The lowest BCUT2D eigenvalue weighted by Gasteiger charge is -2.00. The average molecular weight is 408 g/mol. The number of hydrogen-bond donors (Lipinski definition) is 1. The number of rotatable bonds is 3. The van der Waals surface area contributed by atoms with Crippen molar-refractivity contribution in [1.29, 1.82) is 0 Å². The predicted octanol–water partition coefficient (Wildman–Crippen LogP) is 5.37. The molecule has 1 N–H and O–H groups in total. The number of amides is 1. The minimum atomic E-state index is -0.295. The van der Waals surface area contributed by atoms with Crippen molar-refractivity contribution in [1.82, 2.24) is 14.4 Å². The van der Waals surface area contributed by atoms with E-state index in [1.807, 2.05) is 19.1 Å². The van der Waals surface area contributed by atoms with Gasteiger partial charge in [-0.15, -0.1) is 11.3 Å². The molecule has 0 aliphatic rings. The maximum Gasteiger partial charge on any atom is 0.275 e. The van der Waals surface area contributed by atoms with Gasteiger partial charge in [0, 0.05) is 17.1 Å². The first kappa shape index (κ1) is 17.0. The standard InChI is InChI=1S/C20H13FN4OS2/c1-11-2-7-14-17(8-11)28-19(22-14)24-18(26)16-10-27-20-23-15(9-25(16)20)12-3-5-13(21)6-4-12/h2-10H,1H3,(H,22,24,26). The molecule has 2 aromatic carbocycles. The number of carbonyl (C=O) groups is 1. The summed E-state index contributed by atoms with van der Waals surface area (Å²) in [5, 5.41) is 5.21. The van der Waals surface area contributed by atoms with Crippen molar-refractivity contribution in [3.63, 3.8) is 0 Å². The van der Waals surface area contributed by atoms with Crippen LogP contribution in [0.15, 0.2) is 54.0 Å². The first-order chi connectivity index (χ1) is 13.6. The van der Waals surface area contributed by atoms with Crippen molar-refractivity contribution >= 4 is 48.9 Å². The molecule has 138 valence electrons. The van der Waals surface area contributed by atoms with Crippen molar-refractivity contribution in [2.75, 3.05) is 5.32 Å². The van der Waals surface area contributed by atoms with Gasteiger partial charge < -0.3 is 0 Å². The number of halogens is 1. The van der Waals surface area contributed by atoms with Gasteiger partial charge in [-0.05, 0) is 48.9 Å². The fourth-order valence-electron chi connectivity index (χ4n) is 2.95. The van der Waals surface area contributed by atoms with Crippen molar-refractivity contribution in [2.45, 2.75) is 6.92 Å². The maximum absolute atomic E-state index is 13.1. The van der Waals surface area contributed by atoms with Crippen molar-refractivity contribution in [3.05, 3.63) is 71.1 Å². The topological polar surface area (TPSA) is 59.3 Å². The molecular formula is C20H13FN4OS2. The fraction of sp³-hybridized carbons (Fsp3) is 0.0500. The molecule has 1 amide bonds. The van der Waals surface area contributed by atoms with E-state index in [9.17, 15) is 9.18 Å². The highest BCUT2D eigenvalue weighted by atomic mass is 32.1. The van der Waals surface area contributed by atoms with E-state index in [1.54, 1.807) is 28.1 Å². The Morgan fingerprint density at radius 2 is 1.96 bits per heavy atom. The zero-order chi connectivity index (χ0) is 19.3. The fourth-order valence-corrected chi connectivity index (χ4v) is 4.77. The molecule has 3 aromatic heterocycles. The highest BCUT2D eigenvalue weighted by molar-refractivity contribution is 7.22. The van der Waals surface area contributed by atoms with E-state index in [4.69, 9.17) is 0 Å². The molecule has 0 unspecified atom stereocenters. The molecule has 8 heteroatoms. The van der Waals surface area contributed by atoms with Crippen LogP contribution >= 0.6 is 22.7 Å². The monoisotopic (exact) mass is 408 g/mol. The highest BCUT2D eigenvalue weighted by Crippen LogP contribution is 2.28. The summed E-state index contributed by atoms with van der Waals surface area (Å²) in [6.45, 7) is 2.03. The van der Waals surface area contributed by atoms with Crippen LogP contribution in [0.3, 0.4) is 0 Å². The molecule has 0 atom stereocenters. The summed E-state index contributed by atoms with van der Waals surface area (Å²) >= 11 is 2.82. The molecule has 5 rings (SSSR count). The molecule has 0 saturated carbocycles. The van der Waals surface area contributed by atoms with Gasteiger partial charge in [-0.3, -0.25) is 14.5 Å². The van der Waals surface area contributed by atoms with Crippen LogP contribution in [-0.4, -0.2) is 20.3 Å². The molecule has 5 nitrogen and oxygen atoms in total. The summed E-state index contributed by atoms with van der Waals surface area (Å²) in [4.78, 5) is 22.5. The van der Waals surface area contributed by atoms with Crippen LogP contribution in [0.4, 0.5) is 9.52 Å². The third kappa shape index (κ3) is 2.96. The van der Waals surface area contributed by atoms with E-state index in [-0.39, 0.29) is 11.7 Å². The van der Waals surface area contributed by atoms with Gasteiger partial charge in [0.15, 0.2) is 10.1 Å². The number of benzene rings is 2. The van der Waals surface area contributed by atoms with Crippen molar-refractivity contribution < 1.29 is 9.18 Å². The SMILES string of the molecule is Cc1ccc2nc(NC(=O)c3csc4nc(-c5ccc(F)cc5)cn34)sc2c1. The number of nitrogens with one attached hydrogen (secondary N) is 1. The van der Waals surface area contributed by atoms with Crippen LogP contribution in [0, 0.1) is 12.7 Å². The van der Waals surface area contributed by atoms with Gasteiger partial charge in [0.25, 0.3) is 5.91 Å². The second kappa shape index (κ2) is 6.50. The zero-order valence-corrected chi connectivity index (χ0v) is 16.3. The summed E-state index contributed by atoms with van der Waals surface area (Å²) < 4.78 is 15.9. The van der Waals surface area contributed by atoms with Gasteiger partial charge in [0.2, 0.25) is 0 Å². The van der Waals surface area contributed by atoms with Crippen LogP contribution in [-0.2, 0) is 0 Å². The molecule has 0 bridgehead atoms. The summed E-state index contributed by atoms with van der Waals surface area (Å²) in [6.07, 6.45) is 1.79. The van der Waals surface area contributed by atoms with E-state index in [1.165, 1.54) is 34.8 Å². The van der Waals surface area contributed by atoms with E-state index >= 15 is 0 Å². The van der Waals surface area contributed by atoms with Crippen molar-refractivity contribution in [3.8, 4) is 11.3 Å². The molecule has 28 heavy (non-hydrogen) atoms.